The predicted octanol–water partition coefficient (Wildman–Crippen LogP) is 5.51. The van der Waals surface area contributed by atoms with E-state index in [1.54, 1.807) is 4.91 Å². The summed E-state index contributed by atoms with van der Waals surface area (Å²) in [6, 6.07) is 10.7. The van der Waals surface area contributed by atoms with Crippen LogP contribution in [0.1, 0.15) is 40.0 Å². The lowest BCUT2D eigenvalue weighted by Crippen LogP contribution is -2.21. The van der Waals surface area contributed by atoms with Crippen LogP contribution in [0.5, 0.6) is 0 Å². The smallest absolute Gasteiger partial charge is 0.0118 e. The highest BCUT2D eigenvalue weighted by atomic mass is 32.2. The first-order valence-electron chi connectivity index (χ1n) is 6.47. The van der Waals surface area contributed by atoms with Crippen molar-refractivity contribution in [3.8, 4) is 0 Å². The molecule has 0 heterocycles. The number of allylic oxidation sites excluding steroid dienone is 2. The van der Waals surface area contributed by atoms with Gasteiger partial charge in [0.15, 0.2) is 0 Å². The molecule has 0 saturated carbocycles. The molecule has 1 aliphatic rings. The maximum atomic E-state index is 2.46. The van der Waals surface area contributed by atoms with Gasteiger partial charge in [-0.2, -0.15) is 0 Å². The first-order valence-corrected chi connectivity index (χ1v) is 7.29. The molecule has 0 fully saturated rings. The highest BCUT2D eigenvalue weighted by Gasteiger charge is 2.26. The minimum absolute atomic E-state index is 0.458. The van der Waals surface area contributed by atoms with Crippen molar-refractivity contribution < 1.29 is 0 Å². The van der Waals surface area contributed by atoms with Crippen molar-refractivity contribution in [2.75, 3.05) is 0 Å². The molecule has 17 heavy (non-hydrogen) atoms. The Morgan fingerprint density at radius 3 is 2.35 bits per heavy atom. The highest BCUT2D eigenvalue weighted by Crippen LogP contribution is 2.41. The largest absolute Gasteiger partial charge is 0.0949 e. The van der Waals surface area contributed by atoms with Gasteiger partial charge in [-0.1, -0.05) is 56.8 Å². The van der Waals surface area contributed by atoms with Crippen LogP contribution >= 0.6 is 11.8 Å². The zero-order chi connectivity index (χ0) is 12.3. The lowest BCUT2D eigenvalue weighted by molar-refractivity contribution is 0.222. The SMILES string of the molecule is CC(C)(C)C1CC=C(Sc2ccccc2)CC1. The first kappa shape index (κ1) is 12.8. The molecule has 0 N–H and O–H groups in total. The van der Waals surface area contributed by atoms with E-state index in [4.69, 9.17) is 0 Å². The van der Waals surface area contributed by atoms with Gasteiger partial charge in [0.05, 0.1) is 0 Å². The lowest BCUT2D eigenvalue weighted by Gasteiger charge is -2.33. The van der Waals surface area contributed by atoms with Gasteiger partial charge < -0.3 is 0 Å². The topological polar surface area (TPSA) is 0 Å². The molecule has 0 aromatic heterocycles. The zero-order valence-electron chi connectivity index (χ0n) is 11.1. The predicted molar refractivity (Wildman–Crippen MR) is 77.2 cm³/mol. The average molecular weight is 246 g/mol. The quantitative estimate of drug-likeness (QED) is 0.663. The number of thioether (sulfide) groups is 1. The third-order valence-corrected chi connectivity index (χ3v) is 4.73. The van der Waals surface area contributed by atoms with Crippen LogP contribution in [-0.2, 0) is 0 Å². The van der Waals surface area contributed by atoms with Gasteiger partial charge in [-0.05, 0) is 47.6 Å². The fraction of sp³-hybridized carbons (Fsp3) is 0.500. The Labute approximate surface area is 110 Å². The van der Waals surface area contributed by atoms with Crippen LogP contribution in [0.15, 0.2) is 46.2 Å². The van der Waals surface area contributed by atoms with Crippen LogP contribution in [0.25, 0.3) is 0 Å². The van der Waals surface area contributed by atoms with Crippen molar-refractivity contribution in [3.05, 3.63) is 41.3 Å². The molecule has 1 unspecified atom stereocenters. The molecule has 1 atom stereocenters. The van der Waals surface area contributed by atoms with Gasteiger partial charge in [0.1, 0.15) is 0 Å². The minimum atomic E-state index is 0.458. The van der Waals surface area contributed by atoms with Gasteiger partial charge in [0.25, 0.3) is 0 Å². The van der Waals surface area contributed by atoms with E-state index in [0.29, 0.717) is 5.41 Å². The summed E-state index contributed by atoms with van der Waals surface area (Å²) in [6.07, 6.45) is 6.30. The maximum absolute atomic E-state index is 2.46. The van der Waals surface area contributed by atoms with Crippen LogP contribution in [0.2, 0.25) is 0 Å². The maximum Gasteiger partial charge on any atom is 0.0118 e. The van der Waals surface area contributed by atoms with E-state index in [2.05, 4.69) is 57.2 Å². The van der Waals surface area contributed by atoms with Gasteiger partial charge >= 0.3 is 0 Å². The molecule has 1 aromatic carbocycles. The lowest BCUT2D eigenvalue weighted by atomic mass is 9.74. The van der Waals surface area contributed by atoms with E-state index in [9.17, 15) is 0 Å². The van der Waals surface area contributed by atoms with Crippen LogP contribution in [-0.4, -0.2) is 0 Å². The fourth-order valence-corrected chi connectivity index (χ4v) is 3.32. The summed E-state index contributed by atoms with van der Waals surface area (Å²) in [5, 5.41) is 0. The van der Waals surface area contributed by atoms with E-state index in [1.165, 1.54) is 24.2 Å². The van der Waals surface area contributed by atoms with E-state index in [-0.39, 0.29) is 0 Å². The van der Waals surface area contributed by atoms with Crippen molar-refractivity contribution in [1.29, 1.82) is 0 Å². The molecule has 1 heteroatoms. The van der Waals surface area contributed by atoms with Gasteiger partial charge in [-0.3, -0.25) is 0 Å². The fourth-order valence-electron chi connectivity index (χ4n) is 2.33. The van der Waals surface area contributed by atoms with Crippen LogP contribution < -0.4 is 0 Å². The summed E-state index contributed by atoms with van der Waals surface area (Å²) in [5.74, 6) is 0.850. The Morgan fingerprint density at radius 1 is 1.12 bits per heavy atom. The number of benzene rings is 1. The monoisotopic (exact) mass is 246 g/mol. The van der Waals surface area contributed by atoms with Crippen molar-refractivity contribution in [2.45, 2.75) is 44.9 Å². The van der Waals surface area contributed by atoms with E-state index in [1.807, 2.05) is 11.8 Å². The molecule has 2 rings (SSSR count). The van der Waals surface area contributed by atoms with Gasteiger partial charge in [0, 0.05) is 4.90 Å². The van der Waals surface area contributed by atoms with Crippen LogP contribution in [0.3, 0.4) is 0 Å². The molecule has 1 aromatic rings. The van der Waals surface area contributed by atoms with Crippen LogP contribution in [0, 0.1) is 11.3 Å². The third kappa shape index (κ3) is 3.64. The Balaban J connectivity index is 1.96. The summed E-state index contributed by atoms with van der Waals surface area (Å²) in [7, 11) is 0. The molecule has 0 spiro atoms. The first-order chi connectivity index (χ1) is 8.05. The molecule has 0 saturated heterocycles. The van der Waals surface area contributed by atoms with E-state index in [0.717, 1.165) is 5.92 Å². The Kier molecular flexibility index (Phi) is 3.98. The normalized spacial score (nSPS) is 21.1. The summed E-state index contributed by atoms with van der Waals surface area (Å²) >= 11 is 1.94. The molecule has 0 nitrogen and oxygen atoms in total. The molecule has 92 valence electrons. The Morgan fingerprint density at radius 2 is 1.82 bits per heavy atom. The molecular weight excluding hydrogens is 224 g/mol. The van der Waals surface area contributed by atoms with Crippen molar-refractivity contribution in [2.24, 2.45) is 11.3 Å². The summed E-state index contributed by atoms with van der Waals surface area (Å²) in [6.45, 7) is 7.09. The standard InChI is InChI=1S/C16H22S/c1-16(2,3)13-9-11-15(12-10-13)17-14-7-5-4-6-8-14/h4-8,11,13H,9-10,12H2,1-3H3. The molecule has 0 aliphatic heterocycles. The summed E-state index contributed by atoms with van der Waals surface area (Å²) in [4.78, 5) is 2.92. The molecule has 0 radical (unpaired) electrons. The highest BCUT2D eigenvalue weighted by molar-refractivity contribution is 8.03. The summed E-state index contributed by atoms with van der Waals surface area (Å²) < 4.78 is 0. The average Bonchev–Trinajstić information content (AvgIpc) is 2.30. The molecule has 0 amide bonds. The van der Waals surface area contributed by atoms with E-state index < -0.39 is 0 Å². The van der Waals surface area contributed by atoms with Crippen LogP contribution in [0.4, 0.5) is 0 Å². The van der Waals surface area contributed by atoms with Gasteiger partial charge in [-0.25, -0.2) is 0 Å². The number of rotatable bonds is 2. The third-order valence-electron chi connectivity index (χ3n) is 3.59. The minimum Gasteiger partial charge on any atom is -0.0949 e. The molecule has 0 bridgehead atoms. The number of hydrogen-bond donors (Lipinski definition) is 0. The number of hydrogen-bond acceptors (Lipinski definition) is 1. The van der Waals surface area contributed by atoms with E-state index >= 15 is 0 Å². The van der Waals surface area contributed by atoms with Gasteiger partial charge in [-0.15, -0.1) is 0 Å². The van der Waals surface area contributed by atoms with Crippen molar-refractivity contribution in [1.82, 2.24) is 0 Å². The molecular formula is C16H22S. The Hall–Kier alpha value is -0.690. The van der Waals surface area contributed by atoms with Gasteiger partial charge in [0.2, 0.25) is 0 Å². The second-order valence-corrected chi connectivity index (χ2v) is 7.12. The van der Waals surface area contributed by atoms with Crippen molar-refractivity contribution >= 4 is 11.8 Å². The molecule has 1 aliphatic carbocycles. The zero-order valence-corrected chi connectivity index (χ0v) is 11.9. The van der Waals surface area contributed by atoms with Crippen molar-refractivity contribution in [3.63, 3.8) is 0 Å². The Bertz CT molecular complexity index is 384. The summed E-state index contributed by atoms with van der Waals surface area (Å²) in [5.41, 5.74) is 0.458. The second-order valence-electron chi connectivity index (χ2n) is 5.92. The second kappa shape index (κ2) is 5.30.